The number of hydrogen-bond acceptors (Lipinski definition) is 4. The van der Waals surface area contributed by atoms with Crippen molar-refractivity contribution in [3.8, 4) is 0 Å². The molecule has 0 unspecified atom stereocenters. The van der Waals surface area contributed by atoms with Gasteiger partial charge in [0.15, 0.2) is 0 Å². The molecule has 2 heterocycles. The summed E-state index contributed by atoms with van der Waals surface area (Å²) in [6.07, 6.45) is 3.33. The molecule has 0 aliphatic carbocycles. The molecule has 0 N–H and O–H groups in total. The molecular weight excluding hydrogens is 312 g/mol. The van der Waals surface area contributed by atoms with Crippen molar-refractivity contribution in [3.05, 3.63) is 46.7 Å². The molecule has 3 rings (SSSR count). The first-order chi connectivity index (χ1) is 11.0. The highest BCUT2D eigenvalue weighted by atomic mass is 35.5. The maximum absolute atomic E-state index is 12.2. The summed E-state index contributed by atoms with van der Waals surface area (Å²) >= 11 is 5.89. The highest BCUT2D eigenvalue weighted by molar-refractivity contribution is 6.30. The van der Waals surface area contributed by atoms with Gasteiger partial charge in [-0.1, -0.05) is 37.6 Å². The summed E-state index contributed by atoms with van der Waals surface area (Å²) in [5, 5.41) is 0.687. The monoisotopic (exact) mass is 330 g/mol. The Hall–Kier alpha value is -2.14. The molecule has 0 fully saturated rings. The number of nitrogens with zero attached hydrogens (tertiary/aromatic N) is 4. The number of rotatable bonds is 4. The van der Waals surface area contributed by atoms with Gasteiger partial charge in [0.1, 0.15) is 5.82 Å². The first-order valence-electron chi connectivity index (χ1n) is 7.69. The zero-order valence-corrected chi connectivity index (χ0v) is 14.0. The Balaban J connectivity index is 1.89. The third-order valence-corrected chi connectivity index (χ3v) is 3.87. The average molecular weight is 331 g/mol. The maximum Gasteiger partial charge on any atom is 0.257 e. The molecule has 0 atom stereocenters. The van der Waals surface area contributed by atoms with E-state index in [-0.39, 0.29) is 5.91 Å². The molecule has 0 aromatic heterocycles. The molecule has 0 saturated heterocycles. The van der Waals surface area contributed by atoms with Crippen LogP contribution in [0.4, 0.5) is 0 Å². The molecule has 2 aliphatic heterocycles. The molecule has 6 heteroatoms. The minimum atomic E-state index is -0.0514. The van der Waals surface area contributed by atoms with E-state index in [0.717, 1.165) is 18.1 Å². The van der Waals surface area contributed by atoms with Crippen LogP contribution in [0.2, 0.25) is 5.02 Å². The summed E-state index contributed by atoms with van der Waals surface area (Å²) in [7, 11) is 0. The third kappa shape index (κ3) is 3.45. The summed E-state index contributed by atoms with van der Waals surface area (Å²) in [4.78, 5) is 24.9. The van der Waals surface area contributed by atoms with Crippen molar-refractivity contribution in [2.24, 2.45) is 15.9 Å². The van der Waals surface area contributed by atoms with Crippen LogP contribution in [-0.2, 0) is 4.79 Å². The second-order valence-electron chi connectivity index (χ2n) is 5.99. The number of fused-ring (bicyclic) bond motifs is 1. The molecule has 1 aromatic rings. The van der Waals surface area contributed by atoms with E-state index < -0.39 is 0 Å². The molecular formula is C17H19ClN4O. The van der Waals surface area contributed by atoms with Crippen molar-refractivity contribution in [2.75, 3.05) is 19.6 Å². The summed E-state index contributed by atoms with van der Waals surface area (Å²) in [5.74, 6) is 1.73. The van der Waals surface area contributed by atoms with E-state index in [1.165, 1.54) is 0 Å². The maximum atomic E-state index is 12.2. The Morgan fingerprint density at radius 2 is 2.09 bits per heavy atom. The lowest BCUT2D eigenvalue weighted by atomic mass is 10.2. The van der Waals surface area contributed by atoms with Crippen molar-refractivity contribution in [1.82, 2.24) is 9.80 Å². The topological polar surface area (TPSA) is 48.3 Å². The molecule has 0 spiro atoms. The Kier molecular flexibility index (Phi) is 4.48. The van der Waals surface area contributed by atoms with E-state index in [2.05, 4.69) is 23.8 Å². The van der Waals surface area contributed by atoms with Crippen LogP contribution in [0.3, 0.4) is 0 Å². The number of benzene rings is 1. The van der Waals surface area contributed by atoms with Crippen molar-refractivity contribution in [2.45, 2.75) is 13.8 Å². The van der Waals surface area contributed by atoms with Gasteiger partial charge in [0.2, 0.25) is 5.96 Å². The molecule has 1 aromatic carbocycles. The van der Waals surface area contributed by atoms with E-state index in [1.54, 1.807) is 17.2 Å². The molecule has 1 amide bonds. The lowest BCUT2D eigenvalue weighted by molar-refractivity contribution is -0.123. The predicted molar refractivity (Wildman–Crippen MR) is 92.7 cm³/mol. The van der Waals surface area contributed by atoms with Gasteiger partial charge in [0, 0.05) is 30.4 Å². The quantitative estimate of drug-likeness (QED) is 0.797. The number of halogens is 1. The number of amides is 1. The van der Waals surface area contributed by atoms with Gasteiger partial charge in [-0.2, -0.15) is 0 Å². The van der Waals surface area contributed by atoms with Gasteiger partial charge >= 0.3 is 0 Å². The van der Waals surface area contributed by atoms with E-state index >= 15 is 0 Å². The van der Waals surface area contributed by atoms with Crippen LogP contribution in [-0.4, -0.2) is 47.5 Å². The van der Waals surface area contributed by atoms with Crippen molar-refractivity contribution < 1.29 is 4.79 Å². The minimum absolute atomic E-state index is 0.0514. The fourth-order valence-electron chi connectivity index (χ4n) is 2.58. The Morgan fingerprint density at radius 1 is 1.35 bits per heavy atom. The average Bonchev–Trinajstić information content (AvgIpc) is 3.00. The second-order valence-corrected chi connectivity index (χ2v) is 6.42. The Bertz CT molecular complexity index is 691. The molecule has 5 nitrogen and oxygen atoms in total. The minimum Gasteiger partial charge on any atom is -0.296 e. The zero-order valence-electron chi connectivity index (χ0n) is 13.2. The van der Waals surface area contributed by atoms with Crippen molar-refractivity contribution >= 4 is 29.7 Å². The molecule has 120 valence electrons. The standard InChI is InChI=1S/C17H19ClN4O/c1-12(2)11-22-15(9-16(23)21-8-7-19-17(21)22)20-10-13-3-5-14(18)6-4-13/h3-6,9-10,12H,7-8,11H2,1-2H3/b20-10+. The highest BCUT2D eigenvalue weighted by Crippen LogP contribution is 2.21. The first kappa shape index (κ1) is 15.7. The highest BCUT2D eigenvalue weighted by Gasteiger charge is 2.33. The predicted octanol–water partition coefficient (Wildman–Crippen LogP) is 2.77. The van der Waals surface area contributed by atoms with Gasteiger partial charge < -0.3 is 0 Å². The smallest absolute Gasteiger partial charge is 0.257 e. The van der Waals surface area contributed by atoms with Crippen LogP contribution < -0.4 is 0 Å². The van der Waals surface area contributed by atoms with Crippen LogP contribution in [0.5, 0.6) is 0 Å². The van der Waals surface area contributed by atoms with Crippen molar-refractivity contribution in [1.29, 1.82) is 0 Å². The number of guanidine groups is 1. The summed E-state index contributed by atoms with van der Waals surface area (Å²) in [6, 6.07) is 7.42. The van der Waals surface area contributed by atoms with Gasteiger partial charge in [-0.3, -0.25) is 19.6 Å². The van der Waals surface area contributed by atoms with E-state index in [4.69, 9.17) is 11.6 Å². The van der Waals surface area contributed by atoms with E-state index in [9.17, 15) is 4.79 Å². The van der Waals surface area contributed by atoms with Gasteiger partial charge in [-0.05, 0) is 23.6 Å². The fraction of sp³-hybridized carbons (Fsp3) is 0.353. The van der Waals surface area contributed by atoms with Gasteiger partial charge in [-0.25, -0.2) is 4.99 Å². The lowest BCUT2D eigenvalue weighted by Crippen LogP contribution is -2.48. The van der Waals surface area contributed by atoms with Crippen LogP contribution >= 0.6 is 11.6 Å². The zero-order chi connectivity index (χ0) is 16.4. The van der Waals surface area contributed by atoms with Crippen LogP contribution in [0.25, 0.3) is 0 Å². The SMILES string of the molecule is CC(C)CN1C(/N=C/c2ccc(Cl)cc2)=CC(=O)N2CCN=C21. The lowest BCUT2D eigenvalue weighted by Gasteiger charge is -2.34. The Morgan fingerprint density at radius 3 is 2.78 bits per heavy atom. The van der Waals surface area contributed by atoms with Crippen LogP contribution in [0.15, 0.2) is 46.1 Å². The number of carbonyl (C=O) groups excluding carboxylic acids is 1. The summed E-state index contributed by atoms with van der Waals surface area (Å²) in [5.41, 5.74) is 0.933. The molecule has 0 bridgehead atoms. The fourth-order valence-corrected chi connectivity index (χ4v) is 2.71. The Labute approximate surface area is 141 Å². The van der Waals surface area contributed by atoms with Gasteiger partial charge in [0.25, 0.3) is 5.91 Å². The largest absolute Gasteiger partial charge is 0.296 e. The number of hydrogen-bond donors (Lipinski definition) is 0. The van der Waals surface area contributed by atoms with E-state index in [0.29, 0.717) is 29.9 Å². The van der Waals surface area contributed by atoms with Gasteiger partial charge in [0.05, 0.1) is 6.54 Å². The molecule has 0 radical (unpaired) electrons. The number of carbonyl (C=O) groups is 1. The number of aliphatic imine (C=N–C) groups is 2. The second kappa shape index (κ2) is 6.54. The van der Waals surface area contributed by atoms with Crippen LogP contribution in [0, 0.1) is 5.92 Å². The summed E-state index contributed by atoms with van der Waals surface area (Å²) in [6.45, 7) is 6.34. The molecule has 2 aliphatic rings. The first-order valence-corrected chi connectivity index (χ1v) is 8.07. The summed E-state index contributed by atoms with van der Waals surface area (Å²) < 4.78 is 0. The van der Waals surface area contributed by atoms with Gasteiger partial charge in [-0.15, -0.1) is 0 Å². The molecule has 0 saturated carbocycles. The van der Waals surface area contributed by atoms with E-state index in [1.807, 2.05) is 29.2 Å². The normalized spacial score (nSPS) is 17.8. The van der Waals surface area contributed by atoms with Crippen LogP contribution in [0.1, 0.15) is 19.4 Å². The third-order valence-electron chi connectivity index (χ3n) is 3.62. The van der Waals surface area contributed by atoms with Crippen molar-refractivity contribution in [3.63, 3.8) is 0 Å². The molecule has 23 heavy (non-hydrogen) atoms.